The van der Waals surface area contributed by atoms with E-state index in [1.165, 1.54) is 19.3 Å². The summed E-state index contributed by atoms with van der Waals surface area (Å²) in [6, 6.07) is 0. The number of rotatable bonds is 9. The van der Waals surface area contributed by atoms with Gasteiger partial charge in [-0.1, -0.05) is 45.4 Å². The second-order valence-corrected chi connectivity index (χ2v) is 6.37. The van der Waals surface area contributed by atoms with Crippen molar-refractivity contribution in [3.63, 3.8) is 0 Å². The Balaban J connectivity index is 2.10. The molecule has 0 heterocycles. The quantitative estimate of drug-likeness (QED) is 0.606. The van der Waals surface area contributed by atoms with Gasteiger partial charge in [0.2, 0.25) is 0 Å². The predicted molar refractivity (Wildman–Crippen MR) is 71.5 cm³/mol. The summed E-state index contributed by atoms with van der Waals surface area (Å²) in [6.07, 6.45) is 9.82. The van der Waals surface area contributed by atoms with Crippen LogP contribution >= 0.6 is 0 Å². The van der Waals surface area contributed by atoms with Crippen LogP contribution in [0.2, 0.25) is 0 Å². The number of unbranched alkanes of at least 4 members (excludes halogenated alkanes) is 3. The molecular weight excluding hydrogens is 252 g/mol. The van der Waals surface area contributed by atoms with E-state index in [4.69, 9.17) is 8.37 Å². The summed E-state index contributed by atoms with van der Waals surface area (Å²) in [6.45, 7) is 2.65. The zero-order valence-electron chi connectivity index (χ0n) is 11.4. The van der Waals surface area contributed by atoms with Gasteiger partial charge in [-0.2, -0.15) is 8.42 Å². The minimum Gasteiger partial charge on any atom is -0.248 e. The van der Waals surface area contributed by atoms with E-state index in [-0.39, 0.29) is 13.2 Å². The molecule has 108 valence electrons. The normalized spacial score (nSPS) is 18.1. The first-order valence-electron chi connectivity index (χ1n) is 7.18. The predicted octanol–water partition coefficient (Wildman–Crippen LogP) is 3.43. The van der Waals surface area contributed by atoms with Crippen molar-refractivity contribution in [1.29, 1.82) is 0 Å². The van der Waals surface area contributed by atoms with Gasteiger partial charge in [-0.05, 0) is 25.2 Å². The van der Waals surface area contributed by atoms with Crippen LogP contribution in [0.5, 0.6) is 0 Å². The second kappa shape index (κ2) is 8.88. The molecule has 0 radical (unpaired) electrons. The molecule has 1 saturated carbocycles. The van der Waals surface area contributed by atoms with Gasteiger partial charge in [-0.15, -0.1) is 0 Å². The fraction of sp³-hybridized carbons (Fsp3) is 1.00. The fourth-order valence-corrected chi connectivity index (χ4v) is 3.01. The van der Waals surface area contributed by atoms with Gasteiger partial charge < -0.3 is 0 Å². The zero-order valence-corrected chi connectivity index (χ0v) is 12.2. The first-order chi connectivity index (χ1) is 8.64. The molecule has 1 fully saturated rings. The molecule has 5 heteroatoms. The molecule has 0 aliphatic heterocycles. The third kappa shape index (κ3) is 7.34. The van der Waals surface area contributed by atoms with Gasteiger partial charge in [0.25, 0.3) is 0 Å². The van der Waals surface area contributed by atoms with Crippen molar-refractivity contribution in [2.45, 2.75) is 64.7 Å². The van der Waals surface area contributed by atoms with E-state index in [2.05, 4.69) is 6.92 Å². The standard InChI is InChI=1S/C13H26O4S/c1-2-3-4-8-11-16-18(14,15)17-12-13-9-6-5-7-10-13/h13H,2-12H2,1H3. The molecule has 1 aliphatic carbocycles. The van der Waals surface area contributed by atoms with Crippen molar-refractivity contribution in [2.24, 2.45) is 5.92 Å². The number of hydrogen-bond acceptors (Lipinski definition) is 4. The van der Waals surface area contributed by atoms with Gasteiger partial charge in [0, 0.05) is 0 Å². The Morgan fingerprint density at radius 1 is 1.00 bits per heavy atom. The zero-order chi connectivity index (χ0) is 13.3. The summed E-state index contributed by atoms with van der Waals surface area (Å²) in [7, 11) is -3.77. The first kappa shape index (κ1) is 15.9. The highest BCUT2D eigenvalue weighted by molar-refractivity contribution is 7.81. The molecule has 0 saturated heterocycles. The Bertz CT molecular complexity index is 294. The lowest BCUT2D eigenvalue weighted by Crippen LogP contribution is -2.18. The molecule has 18 heavy (non-hydrogen) atoms. The number of hydrogen-bond donors (Lipinski definition) is 0. The lowest BCUT2D eigenvalue weighted by molar-refractivity contribution is 0.167. The molecule has 0 N–H and O–H groups in total. The molecule has 0 aromatic carbocycles. The van der Waals surface area contributed by atoms with Crippen LogP contribution in [0.4, 0.5) is 0 Å². The van der Waals surface area contributed by atoms with E-state index in [9.17, 15) is 8.42 Å². The Morgan fingerprint density at radius 3 is 2.39 bits per heavy atom. The molecule has 0 amide bonds. The van der Waals surface area contributed by atoms with Crippen LogP contribution in [0, 0.1) is 5.92 Å². The molecule has 0 unspecified atom stereocenters. The van der Waals surface area contributed by atoms with Crippen LogP contribution in [0.1, 0.15) is 64.7 Å². The van der Waals surface area contributed by atoms with E-state index in [0.29, 0.717) is 5.92 Å². The van der Waals surface area contributed by atoms with Gasteiger partial charge in [0.15, 0.2) is 0 Å². The highest BCUT2D eigenvalue weighted by Gasteiger charge is 2.18. The third-order valence-corrected chi connectivity index (χ3v) is 4.28. The maximum absolute atomic E-state index is 11.5. The third-order valence-electron chi connectivity index (χ3n) is 3.40. The summed E-state index contributed by atoms with van der Waals surface area (Å²) < 4.78 is 32.7. The van der Waals surface area contributed by atoms with Crippen molar-refractivity contribution in [2.75, 3.05) is 13.2 Å². The maximum Gasteiger partial charge on any atom is 0.399 e. The van der Waals surface area contributed by atoms with Crippen LogP contribution in [0.3, 0.4) is 0 Å². The molecule has 0 aromatic rings. The summed E-state index contributed by atoms with van der Waals surface area (Å²) in [5.41, 5.74) is 0. The molecular formula is C13H26O4S. The minimum absolute atomic E-state index is 0.243. The van der Waals surface area contributed by atoms with E-state index < -0.39 is 10.4 Å². The first-order valence-corrected chi connectivity index (χ1v) is 8.51. The van der Waals surface area contributed by atoms with Crippen molar-refractivity contribution >= 4 is 10.4 Å². The lowest BCUT2D eigenvalue weighted by atomic mass is 9.90. The van der Waals surface area contributed by atoms with E-state index in [0.717, 1.165) is 38.5 Å². The van der Waals surface area contributed by atoms with Crippen molar-refractivity contribution in [3.8, 4) is 0 Å². The van der Waals surface area contributed by atoms with Gasteiger partial charge >= 0.3 is 10.4 Å². The van der Waals surface area contributed by atoms with Crippen LogP contribution in [0.25, 0.3) is 0 Å². The summed E-state index contributed by atoms with van der Waals surface area (Å²) in [5.74, 6) is 0.386. The molecule has 1 rings (SSSR count). The Hall–Kier alpha value is -0.130. The molecule has 0 aromatic heterocycles. The Kier molecular flexibility index (Phi) is 7.86. The van der Waals surface area contributed by atoms with Crippen LogP contribution in [0.15, 0.2) is 0 Å². The SMILES string of the molecule is CCCCCCOS(=O)(=O)OCC1CCCCC1. The lowest BCUT2D eigenvalue weighted by Gasteiger charge is -2.20. The monoisotopic (exact) mass is 278 g/mol. The highest BCUT2D eigenvalue weighted by atomic mass is 32.3. The average Bonchev–Trinajstić information content (AvgIpc) is 2.38. The van der Waals surface area contributed by atoms with Gasteiger partial charge in [-0.3, -0.25) is 0 Å². The smallest absolute Gasteiger partial charge is 0.248 e. The van der Waals surface area contributed by atoms with Crippen LogP contribution < -0.4 is 0 Å². The van der Waals surface area contributed by atoms with E-state index in [1.807, 2.05) is 0 Å². The van der Waals surface area contributed by atoms with Crippen molar-refractivity contribution in [1.82, 2.24) is 0 Å². The van der Waals surface area contributed by atoms with Crippen LogP contribution in [-0.2, 0) is 18.8 Å². The summed E-state index contributed by atoms with van der Waals surface area (Å²) in [5, 5.41) is 0. The fourth-order valence-electron chi connectivity index (χ4n) is 2.26. The van der Waals surface area contributed by atoms with Crippen molar-refractivity contribution < 1.29 is 16.8 Å². The molecule has 4 nitrogen and oxygen atoms in total. The maximum atomic E-state index is 11.5. The largest absolute Gasteiger partial charge is 0.399 e. The van der Waals surface area contributed by atoms with E-state index >= 15 is 0 Å². The summed E-state index contributed by atoms with van der Waals surface area (Å²) >= 11 is 0. The topological polar surface area (TPSA) is 52.6 Å². The molecule has 0 spiro atoms. The Morgan fingerprint density at radius 2 is 1.72 bits per heavy atom. The summed E-state index contributed by atoms with van der Waals surface area (Å²) in [4.78, 5) is 0. The van der Waals surface area contributed by atoms with E-state index in [1.54, 1.807) is 0 Å². The molecule has 0 bridgehead atoms. The van der Waals surface area contributed by atoms with Gasteiger partial charge in [0.1, 0.15) is 0 Å². The molecule has 0 atom stereocenters. The highest BCUT2D eigenvalue weighted by Crippen LogP contribution is 2.24. The molecule has 1 aliphatic rings. The van der Waals surface area contributed by atoms with Gasteiger partial charge in [-0.25, -0.2) is 8.37 Å². The second-order valence-electron chi connectivity index (χ2n) is 5.08. The van der Waals surface area contributed by atoms with Crippen molar-refractivity contribution in [3.05, 3.63) is 0 Å². The minimum atomic E-state index is -3.77. The average molecular weight is 278 g/mol. The van der Waals surface area contributed by atoms with Crippen LogP contribution in [-0.4, -0.2) is 21.6 Å². The Labute approximate surface area is 111 Å². The van der Waals surface area contributed by atoms with Gasteiger partial charge in [0.05, 0.1) is 13.2 Å².